The minimum atomic E-state index is -4.44. The molecule has 4 nitrogen and oxygen atoms in total. The monoisotopic (exact) mass is 421 g/mol. The Morgan fingerprint density at radius 1 is 1.07 bits per heavy atom. The average molecular weight is 422 g/mol. The number of halogens is 4. The first-order chi connectivity index (χ1) is 13.8. The second-order valence-corrected chi connectivity index (χ2v) is 7.67. The van der Waals surface area contributed by atoms with Crippen LogP contribution in [0.15, 0.2) is 39.5 Å². The summed E-state index contributed by atoms with van der Waals surface area (Å²) in [7, 11) is 0. The molecular weight excluding hydrogens is 407 g/mol. The lowest BCUT2D eigenvalue weighted by atomic mass is 10.0. The van der Waals surface area contributed by atoms with E-state index in [9.17, 15) is 18.0 Å². The van der Waals surface area contributed by atoms with Crippen molar-refractivity contribution in [1.29, 1.82) is 0 Å². The molecule has 150 valence electrons. The van der Waals surface area contributed by atoms with Crippen molar-refractivity contribution in [3.8, 4) is 5.75 Å². The van der Waals surface area contributed by atoms with E-state index in [4.69, 9.17) is 20.8 Å². The topological polar surface area (TPSA) is 42.7 Å². The van der Waals surface area contributed by atoms with Crippen LogP contribution in [0.2, 0.25) is 5.02 Å². The second kappa shape index (κ2) is 6.42. The quantitative estimate of drug-likeness (QED) is 0.499. The lowest BCUT2D eigenvalue weighted by molar-refractivity contribution is -0.137. The summed E-state index contributed by atoms with van der Waals surface area (Å²) in [6.07, 6.45) is -2.12. The second-order valence-electron chi connectivity index (χ2n) is 7.26. The van der Waals surface area contributed by atoms with E-state index in [0.29, 0.717) is 39.6 Å². The van der Waals surface area contributed by atoms with Crippen molar-refractivity contribution >= 4 is 28.3 Å². The van der Waals surface area contributed by atoms with Gasteiger partial charge in [-0.2, -0.15) is 13.2 Å². The van der Waals surface area contributed by atoms with E-state index < -0.39 is 11.7 Å². The summed E-state index contributed by atoms with van der Waals surface area (Å²) in [5.41, 5.74) is 1.85. The van der Waals surface area contributed by atoms with Crippen molar-refractivity contribution in [1.82, 2.24) is 0 Å². The van der Waals surface area contributed by atoms with E-state index in [0.717, 1.165) is 35.9 Å². The molecular formula is C21H15ClF3NO3. The smallest absolute Gasteiger partial charge is 0.416 e. The van der Waals surface area contributed by atoms with Gasteiger partial charge in [0.2, 0.25) is 0 Å². The molecule has 2 heterocycles. The van der Waals surface area contributed by atoms with Crippen LogP contribution in [-0.2, 0) is 25.6 Å². The fraction of sp³-hybridized carbons (Fsp3) is 0.286. The van der Waals surface area contributed by atoms with E-state index in [1.54, 1.807) is 17.0 Å². The van der Waals surface area contributed by atoms with Gasteiger partial charge in [0.1, 0.15) is 11.3 Å². The van der Waals surface area contributed by atoms with Gasteiger partial charge in [-0.15, -0.1) is 0 Å². The zero-order valence-electron chi connectivity index (χ0n) is 15.1. The van der Waals surface area contributed by atoms with E-state index in [-0.39, 0.29) is 18.9 Å². The summed E-state index contributed by atoms with van der Waals surface area (Å²) in [4.78, 5) is 14.1. The Hall–Kier alpha value is -2.67. The number of alkyl halides is 3. The molecule has 0 unspecified atom stereocenters. The normalized spacial score (nSPS) is 15.9. The van der Waals surface area contributed by atoms with E-state index >= 15 is 0 Å². The molecule has 29 heavy (non-hydrogen) atoms. The molecule has 0 saturated carbocycles. The molecule has 0 bridgehead atoms. The predicted molar refractivity (Wildman–Crippen MR) is 103 cm³/mol. The van der Waals surface area contributed by atoms with E-state index in [1.165, 1.54) is 6.07 Å². The molecule has 2 aliphatic rings. The van der Waals surface area contributed by atoms with Crippen LogP contribution in [0.3, 0.4) is 0 Å². The SMILES string of the molecule is O=c1oc2c3c(c(Cl)cc2c2c1CCC2)OCN(c1cccc(C(F)(F)F)c1)C3. The minimum Gasteiger partial charge on any atom is -0.471 e. The molecule has 0 atom stereocenters. The first-order valence-corrected chi connectivity index (χ1v) is 9.55. The molecule has 8 heteroatoms. The number of fused-ring (bicyclic) bond motifs is 5. The summed E-state index contributed by atoms with van der Waals surface area (Å²) >= 11 is 6.43. The first-order valence-electron chi connectivity index (χ1n) is 9.18. The highest BCUT2D eigenvalue weighted by Crippen LogP contribution is 2.42. The molecule has 2 aromatic carbocycles. The van der Waals surface area contributed by atoms with Crippen molar-refractivity contribution in [3.05, 3.63) is 68.0 Å². The fourth-order valence-electron chi connectivity index (χ4n) is 4.15. The average Bonchev–Trinajstić information content (AvgIpc) is 3.19. The van der Waals surface area contributed by atoms with Gasteiger partial charge in [-0.25, -0.2) is 4.79 Å². The Morgan fingerprint density at radius 2 is 1.86 bits per heavy atom. The third-order valence-corrected chi connectivity index (χ3v) is 5.80. The van der Waals surface area contributed by atoms with Gasteiger partial charge in [-0.1, -0.05) is 17.7 Å². The zero-order chi connectivity index (χ0) is 20.3. The van der Waals surface area contributed by atoms with Gasteiger partial charge < -0.3 is 14.1 Å². The Labute approximate surface area is 168 Å². The number of nitrogens with zero attached hydrogens (tertiary/aromatic N) is 1. The largest absolute Gasteiger partial charge is 0.471 e. The third kappa shape index (κ3) is 2.95. The molecule has 1 aliphatic carbocycles. The van der Waals surface area contributed by atoms with Crippen LogP contribution in [0.4, 0.5) is 18.9 Å². The highest BCUT2D eigenvalue weighted by atomic mass is 35.5. The van der Waals surface area contributed by atoms with Crippen molar-refractivity contribution in [2.45, 2.75) is 32.0 Å². The number of ether oxygens (including phenoxy) is 1. The van der Waals surface area contributed by atoms with Crippen LogP contribution in [-0.4, -0.2) is 6.73 Å². The molecule has 1 aromatic heterocycles. The number of benzene rings is 2. The van der Waals surface area contributed by atoms with Gasteiger partial charge in [-0.3, -0.25) is 0 Å². The van der Waals surface area contributed by atoms with Crippen LogP contribution in [0.5, 0.6) is 5.75 Å². The van der Waals surface area contributed by atoms with Gasteiger partial charge >= 0.3 is 11.8 Å². The van der Waals surface area contributed by atoms with E-state index in [1.807, 2.05) is 0 Å². The summed E-state index contributed by atoms with van der Waals surface area (Å²) in [5.74, 6) is 0.406. The summed E-state index contributed by atoms with van der Waals surface area (Å²) in [6.45, 7) is 0.254. The van der Waals surface area contributed by atoms with Crippen LogP contribution in [0.1, 0.15) is 28.7 Å². The molecule has 5 rings (SSSR count). The Morgan fingerprint density at radius 3 is 2.66 bits per heavy atom. The molecule has 0 amide bonds. The molecule has 0 radical (unpaired) electrons. The number of anilines is 1. The fourth-order valence-corrected chi connectivity index (χ4v) is 4.43. The van der Waals surface area contributed by atoms with Crippen LogP contribution < -0.4 is 15.3 Å². The van der Waals surface area contributed by atoms with E-state index in [2.05, 4.69) is 0 Å². The maximum Gasteiger partial charge on any atom is 0.416 e. The third-order valence-electron chi connectivity index (χ3n) is 5.52. The summed E-state index contributed by atoms with van der Waals surface area (Å²) < 4.78 is 50.7. The van der Waals surface area contributed by atoms with Gasteiger partial charge in [0, 0.05) is 16.6 Å². The van der Waals surface area contributed by atoms with Gasteiger partial charge in [0.25, 0.3) is 0 Å². The van der Waals surface area contributed by atoms with Crippen molar-refractivity contribution in [2.75, 3.05) is 11.6 Å². The number of aryl methyl sites for hydroxylation is 1. The molecule has 3 aromatic rings. The maximum atomic E-state index is 13.1. The number of hydrogen-bond donors (Lipinski definition) is 0. The van der Waals surface area contributed by atoms with Crippen molar-refractivity contribution in [2.24, 2.45) is 0 Å². The van der Waals surface area contributed by atoms with Crippen molar-refractivity contribution < 1.29 is 22.3 Å². The van der Waals surface area contributed by atoms with Gasteiger partial charge in [0.15, 0.2) is 6.73 Å². The Bertz CT molecular complexity index is 1200. The zero-order valence-corrected chi connectivity index (χ0v) is 15.9. The highest BCUT2D eigenvalue weighted by molar-refractivity contribution is 6.33. The summed E-state index contributed by atoms with van der Waals surface area (Å²) in [5, 5.41) is 1.18. The van der Waals surface area contributed by atoms with Crippen molar-refractivity contribution in [3.63, 3.8) is 0 Å². The van der Waals surface area contributed by atoms with Crippen LogP contribution >= 0.6 is 11.6 Å². The molecule has 0 spiro atoms. The number of hydrogen-bond acceptors (Lipinski definition) is 4. The standard InChI is InChI=1S/C21H15ClF3NO3/c22-17-8-15-13-5-2-6-14(13)20(27)29-18(15)16-9-26(10-28-19(16)17)12-4-1-3-11(7-12)21(23,24)25/h1,3-4,7-8H,2,5-6,9-10H2. The predicted octanol–water partition coefficient (Wildman–Crippen LogP) is 5.31. The van der Waals surface area contributed by atoms with Gasteiger partial charge in [-0.05, 0) is 49.1 Å². The van der Waals surface area contributed by atoms with Gasteiger partial charge in [0.05, 0.1) is 22.7 Å². The Balaban J connectivity index is 1.63. The Kier molecular flexibility index (Phi) is 4.07. The van der Waals surface area contributed by atoms with Crippen LogP contribution in [0, 0.1) is 0 Å². The minimum absolute atomic E-state index is 0.0364. The lowest BCUT2D eigenvalue weighted by Gasteiger charge is -2.32. The molecule has 0 fully saturated rings. The highest BCUT2D eigenvalue weighted by Gasteiger charge is 2.32. The molecule has 1 aliphatic heterocycles. The first kappa shape index (κ1) is 18.4. The number of rotatable bonds is 1. The molecule has 0 N–H and O–H groups in total. The maximum absolute atomic E-state index is 13.1. The lowest BCUT2D eigenvalue weighted by Crippen LogP contribution is -2.32. The van der Waals surface area contributed by atoms with Crippen LogP contribution in [0.25, 0.3) is 11.0 Å². The summed E-state index contributed by atoms with van der Waals surface area (Å²) in [6, 6.07) is 6.80. The molecule has 0 saturated heterocycles.